The molecule has 0 atom stereocenters. The number of thioether (sulfide) groups is 1. The molecule has 34 heavy (non-hydrogen) atoms. The van der Waals surface area contributed by atoms with Crippen LogP contribution in [0.4, 0.5) is 5.69 Å². The third-order valence-electron chi connectivity index (χ3n) is 5.22. The van der Waals surface area contributed by atoms with Crippen LogP contribution in [0.3, 0.4) is 0 Å². The number of thiazole rings is 1. The average Bonchev–Trinajstić information content (AvgIpc) is 3.39. The maximum atomic E-state index is 12.7. The number of benzene rings is 3. The number of carbonyl (C=O) groups is 1. The summed E-state index contributed by atoms with van der Waals surface area (Å²) in [5.74, 6) is 0.679. The zero-order valence-corrected chi connectivity index (χ0v) is 20.0. The fraction of sp³-hybridized carbons (Fsp3) is 0.120. The Morgan fingerprint density at radius 1 is 1.00 bits per heavy atom. The van der Waals surface area contributed by atoms with Gasteiger partial charge in [-0.05, 0) is 48.9 Å². The maximum absolute atomic E-state index is 12.7. The average molecular weight is 488 g/mol. The molecular weight excluding hydrogens is 466 g/mol. The van der Waals surface area contributed by atoms with E-state index in [4.69, 9.17) is 0 Å². The fourth-order valence-electron chi connectivity index (χ4n) is 3.69. The summed E-state index contributed by atoms with van der Waals surface area (Å²) in [4.78, 5) is 25.2. The highest BCUT2D eigenvalue weighted by Crippen LogP contribution is 2.24. The van der Waals surface area contributed by atoms with Gasteiger partial charge in [-0.25, -0.2) is 0 Å². The number of hydrogen-bond acceptors (Lipinski definition) is 6. The molecule has 170 valence electrons. The summed E-state index contributed by atoms with van der Waals surface area (Å²) in [5.41, 5.74) is 3.58. The summed E-state index contributed by atoms with van der Waals surface area (Å²) < 4.78 is 4.55. The van der Waals surface area contributed by atoms with E-state index in [1.165, 1.54) is 23.1 Å². The van der Waals surface area contributed by atoms with Crippen molar-refractivity contribution in [3.05, 3.63) is 99.9 Å². The highest BCUT2D eigenvalue weighted by atomic mass is 32.2. The fourth-order valence-corrected chi connectivity index (χ4v) is 5.35. The smallest absolute Gasteiger partial charge is 0.308 e. The topological polar surface area (TPSA) is 81.8 Å². The summed E-state index contributed by atoms with van der Waals surface area (Å²) in [6, 6.07) is 25.1. The van der Waals surface area contributed by atoms with Crippen molar-refractivity contribution in [2.24, 2.45) is 0 Å². The molecule has 5 aromatic rings. The minimum absolute atomic E-state index is 0.0458. The van der Waals surface area contributed by atoms with Gasteiger partial charge in [-0.2, -0.15) is 0 Å². The molecule has 0 bridgehead atoms. The number of fused-ring (bicyclic) bond motifs is 1. The van der Waals surface area contributed by atoms with Crippen molar-refractivity contribution >= 4 is 44.9 Å². The molecule has 5 rings (SSSR count). The van der Waals surface area contributed by atoms with Crippen molar-refractivity contribution in [2.45, 2.75) is 18.6 Å². The molecule has 0 saturated carbocycles. The Kier molecular flexibility index (Phi) is 6.29. The van der Waals surface area contributed by atoms with Crippen LogP contribution in [0.15, 0.2) is 88.8 Å². The molecule has 1 amide bonds. The highest BCUT2D eigenvalue weighted by Gasteiger charge is 2.18. The molecule has 0 aliphatic heterocycles. The van der Waals surface area contributed by atoms with E-state index < -0.39 is 0 Å². The van der Waals surface area contributed by atoms with Crippen LogP contribution in [0.5, 0.6) is 0 Å². The van der Waals surface area contributed by atoms with Gasteiger partial charge in [0.2, 0.25) is 5.91 Å². The summed E-state index contributed by atoms with van der Waals surface area (Å²) in [5, 5.41) is 12.3. The van der Waals surface area contributed by atoms with Crippen LogP contribution in [0.2, 0.25) is 0 Å². The molecule has 3 aromatic carbocycles. The third-order valence-corrected chi connectivity index (χ3v) is 7.11. The van der Waals surface area contributed by atoms with Crippen LogP contribution >= 0.6 is 23.1 Å². The lowest BCUT2D eigenvalue weighted by Gasteiger charge is -2.11. The van der Waals surface area contributed by atoms with Crippen molar-refractivity contribution in [1.29, 1.82) is 0 Å². The molecule has 0 fully saturated rings. The molecule has 2 heterocycles. The third kappa shape index (κ3) is 4.66. The van der Waals surface area contributed by atoms with Crippen molar-refractivity contribution in [2.75, 3.05) is 11.1 Å². The molecule has 9 heteroatoms. The monoisotopic (exact) mass is 487 g/mol. The van der Waals surface area contributed by atoms with E-state index in [0.717, 1.165) is 27.2 Å². The van der Waals surface area contributed by atoms with Crippen LogP contribution in [-0.4, -0.2) is 31.0 Å². The van der Waals surface area contributed by atoms with Gasteiger partial charge in [-0.1, -0.05) is 65.6 Å². The molecule has 0 spiro atoms. The van der Waals surface area contributed by atoms with Crippen LogP contribution in [-0.2, 0) is 11.3 Å². The summed E-state index contributed by atoms with van der Waals surface area (Å²) in [6.07, 6.45) is 0. The van der Waals surface area contributed by atoms with Crippen molar-refractivity contribution < 1.29 is 4.79 Å². The Balaban J connectivity index is 1.42. The Hall–Kier alpha value is -3.69. The predicted octanol–water partition coefficient (Wildman–Crippen LogP) is 4.73. The number of hydrogen-bond donors (Lipinski definition) is 1. The highest BCUT2D eigenvalue weighted by molar-refractivity contribution is 7.99. The second-order valence-corrected chi connectivity index (χ2v) is 9.63. The molecule has 1 N–H and O–H groups in total. The number of anilines is 1. The zero-order valence-electron chi connectivity index (χ0n) is 18.3. The van der Waals surface area contributed by atoms with Crippen LogP contribution in [0.25, 0.3) is 15.9 Å². The Morgan fingerprint density at radius 2 is 1.79 bits per heavy atom. The number of amides is 1. The van der Waals surface area contributed by atoms with Crippen molar-refractivity contribution in [3.8, 4) is 5.69 Å². The molecule has 0 aliphatic rings. The first kappa shape index (κ1) is 22.1. The van der Waals surface area contributed by atoms with Gasteiger partial charge in [0.15, 0.2) is 11.0 Å². The largest absolute Gasteiger partial charge is 0.325 e. The van der Waals surface area contributed by atoms with E-state index in [1.807, 2.05) is 90.4 Å². The summed E-state index contributed by atoms with van der Waals surface area (Å²) in [7, 11) is 0. The lowest BCUT2D eigenvalue weighted by Crippen LogP contribution is -2.17. The number of carbonyl (C=O) groups excluding carboxylic acids is 1. The van der Waals surface area contributed by atoms with Gasteiger partial charge in [0.1, 0.15) is 0 Å². The number of aryl methyl sites for hydroxylation is 1. The van der Waals surface area contributed by atoms with Crippen molar-refractivity contribution in [1.82, 2.24) is 19.3 Å². The predicted molar refractivity (Wildman–Crippen MR) is 137 cm³/mol. The number of nitrogens with zero attached hydrogens (tertiary/aromatic N) is 4. The Labute approximate surface area is 204 Å². The van der Waals surface area contributed by atoms with E-state index in [9.17, 15) is 9.59 Å². The second-order valence-electron chi connectivity index (χ2n) is 7.70. The Morgan fingerprint density at radius 3 is 2.62 bits per heavy atom. The minimum atomic E-state index is -0.125. The SMILES string of the molecule is Cc1cccc(NC(=O)CSc2nnc(Cn3c(=O)sc4ccccc43)n2-c2ccccc2)c1. The number of nitrogens with one attached hydrogen (secondary N) is 1. The molecule has 0 unspecified atom stereocenters. The first-order valence-electron chi connectivity index (χ1n) is 10.7. The van der Waals surface area contributed by atoms with Gasteiger partial charge in [0.25, 0.3) is 0 Å². The molecule has 7 nitrogen and oxygen atoms in total. The quantitative estimate of drug-likeness (QED) is 0.336. The van der Waals surface area contributed by atoms with Crippen molar-refractivity contribution in [3.63, 3.8) is 0 Å². The van der Waals surface area contributed by atoms with Gasteiger partial charge < -0.3 is 5.32 Å². The maximum Gasteiger partial charge on any atom is 0.308 e. The normalized spacial score (nSPS) is 11.1. The van der Waals surface area contributed by atoms with Gasteiger partial charge in [-0.15, -0.1) is 10.2 Å². The number of para-hydroxylation sites is 2. The zero-order chi connectivity index (χ0) is 23.5. The molecule has 0 radical (unpaired) electrons. The molecule has 0 saturated heterocycles. The second kappa shape index (κ2) is 9.66. The Bertz CT molecular complexity index is 1520. The van der Waals surface area contributed by atoms with E-state index in [1.54, 1.807) is 4.57 Å². The van der Waals surface area contributed by atoms with Gasteiger partial charge in [0, 0.05) is 11.4 Å². The van der Waals surface area contributed by atoms with Gasteiger partial charge >= 0.3 is 4.87 Å². The number of aromatic nitrogens is 4. The van der Waals surface area contributed by atoms with E-state index in [2.05, 4.69) is 15.5 Å². The summed E-state index contributed by atoms with van der Waals surface area (Å²) >= 11 is 2.52. The molecular formula is C25H21N5O2S2. The number of rotatable bonds is 7. The first-order valence-corrected chi connectivity index (χ1v) is 12.5. The van der Waals surface area contributed by atoms with Gasteiger partial charge in [-0.3, -0.25) is 18.7 Å². The van der Waals surface area contributed by atoms with Crippen LogP contribution < -0.4 is 10.2 Å². The van der Waals surface area contributed by atoms with Gasteiger partial charge in [0.05, 0.1) is 22.5 Å². The summed E-state index contributed by atoms with van der Waals surface area (Å²) in [6.45, 7) is 2.26. The lowest BCUT2D eigenvalue weighted by atomic mass is 10.2. The first-order chi connectivity index (χ1) is 16.6. The van der Waals surface area contributed by atoms with Crippen LogP contribution in [0, 0.1) is 6.92 Å². The lowest BCUT2D eigenvalue weighted by molar-refractivity contribution is -0.113. The molecule has 2 aromatic heterocycles. The van der Waals surface area contributed by atoms with E-state index in [-0.39, 0.29) is 23.1 Å². The van der Waals surface area contributed by atoms with E-state index in [0.29, 0.717) is 11.0 Å². The molecule has 0 aliphatic carbocycles. The standard InChI is InChI=1S/C25H21N5O2S2/c1-17-8-7-9-18(14-17)26-23(31)16-33-24-28-27-22(30(24)19-10-3-2-4-11-19)15-29-20-12-5-6-13-21(20)34-25(29)32/h2-14H,15-16H2,1H3,(H,26,31). The minimum Gasteiger partial charge on any atom is -0.325 e. The van der Waals surface area contributed by atoms with E-state index >= 15 is 0 Å². The van der Waals surface area contributed by atoms with Crippen LogP contribution in [0.1, 0.15) is 11.4 Å².